The van der Waals surface area contributed by atoms with Crippen molar-refractivity contribution in [1.29, 1.82) is 0 Å². The van der Waals surface area contributed by atoms with Crippen molar-refractivity contribution in [1.82, 2.24) is 4.98 Å². The van der Waals surface area contributed by atoms with Crippen molar-refractivity contribution in [2.24, 2.45) is 0 Å². The predicted molar refractivity (Wildman–Crippen MR) is 87.4 cm³/mol. The van der Waals surface area contributed by atoms with Crippen molar-refractivity contribution in [3.63, 3.8) is 0 Å². The zero-order chi connectivity index (χ0) is 15.8. The van der Waals surface area contributed by atoms with Gasteiger partial charge in [-0.3, -0.25) is 0 Å². The van der Waals surface area contributed by atoms with Gasteiger partial charge in [0.2, 0.25) is 0 Å². The number of hydrogen-bond acceptors (Lipinski definition) is 6. The number of piperidine rings is 1. The molecule has 1 spiro atoms. The van der Waals surface area contributed by atoms with Gasteiger partial charge in [0.05, 0.1) is 12.2 Å². The normalized spacial score (nSPS) is 31.5. The molecule has 0 amide bonds. The molecular formula is C16H24N2O3S. The molecule has 0 aromatic carbocycles. The summed E-state index contributed by atoms with van der Waals surface area (Å²) in [6.07, 6.45) is 4.99. The lowest BCUT2D eigenvalue weighted by Gasteiger charge is -2.51. The first-order valence-electron chi connectivity index (χ1n) is 7.76. The molecule has 1 aromatic rings. The summed E-state index contributed by atoms with van der Waals surface area (Å²) in [6.45, 7) is 3.76. The molecule has 0 unspecified atom stereocenters. The van der Waals surface area contributed by atoms with Crippen LogP contribution in [0.4, 0.5) is 5.82 Å². The number of nitrogens with zero attached hydrogens (tertiary/aromatic N) is 2. The van der Waals surface area contributed by atoms with E-state index in [4.69, 9.17) is 4.74 Å². The van der Waals surface area contributed by atoms with Crippen LogP contribution in [0.3, 0.4) is 0 Å². The number of aliphatic hydroxyl groups excluding tert-OH is 1. The second-order valence-corrected chi connectivity index (χ2v) is 7.35. The van der Waals surface area contributed by atoms with Crippen LogP contribution >= 0.6 is 11.8 Å². The highest BCUT2D eigenvalue weighted by Crippen LogP contribution is 2.40. The Balaban J connectivity index is 1.69. The molecule has 0 radical (unpaired) electrons. The largest absolute Gasteiger partial charge is 0.387 e. The van der Waals surface area contributed by atoms with Gasteiger partial charge in [-0.1, -0.05) is 0 Å². The number of aliphatic hydroxyl groups is 2. The van der Waals surface area contributed by atoms with Crippen molar-refractivity contribution >= 4 is 17.6 Å². The third-order valence-corrected chi connectivity index (χ3v) is 5.69. The van der Waals surface area contributed by atoms with Crippen LogP contribution in [0.2, 0.25) is 0 Å². The number of pyridine rings is 1. The number of anilines is 1. The number of thioether (sulfide) groups is 1. The zero-order valence-electron chi connectivity index (χ0n) is 13.2. The van der Waals surface area contributed by atoms with Gasteiger partial charge in [0.1, 0.15) is 17.5 Å². The fourth-order valence-electron chi connectivity index (χ4n) is 3.46. The highest BCUT2D eigenvalue weighted by atomic mass is 32.2. The average molecular weight is 324 g/mol. The number of rotatable bonds is 2. The highest BCUT2D eigenvalue weighted by Gasteiger charge is 2.52. The minimum atomic E-state index is -1.06. The van der Waals surface area contributed by atoms with Crippen molar-refractivity contribution in [3.8, 4) is 0 Å². The second kappa shape index (κ2) is 6.00. The van der Waals surface area contributed by atoms with Crippen LogP contribution in [0.5, 0.6) is 0 Å². The molecule has 0 aliphatic carbocycles. The van der Waals surface area contributed by atoms with Gasteiger partial charge in [-0.15, -0.1) is 11.8 Å². The van der Waals surface area contributed by atoms with Crippen LogP contribution in [0.1, 0.15) is 26.2 Å². The molecule has 2 fully saturated rings. The van der Waals surface area contributed by atoms with Crippen molar-refractivity contribution in [3.05, 3.63) is 18.3 Å². The Bertz CT molecular complexity index is 513. The minimum absolute atomic E-state index is 0.483. The van der Waals surface area contributed by atoms with Crippen molar-refractivity contribution in [2.75, 3.05) is 30.9 Å². The fraction of sp³-hybridized carbons (Fsp3) is 0.688. The lowest BCUT2D eigenvalue weighted by atomic mass is 9.75. The predicted octanol–water partition coefficient (Wildman–Crippen LogP) is 1.67. The lowest BCUT2D eigenvalue weighted by Crippen LogP contribution is -2.64. The molecule has 2 aliphatic heterocycles. The Morgan fingerprint density at radius 2 is 2.05 bits per heavy atom. The summed E-state index contributed by atoms with van der Waals surface area (Å²) in [5, 5.41) is 20.9. The molecule has 0 bridgehead atoms. The first-order chi connectivity index (χ1) is 10.5. The maximum Gasteiger partial charge on any atom is 0.128 e. The summed E-state index contributed by atoms with van der Waals surface area (Å²) >= 11 is 1.68. The van der Waals surface area contributed by atoms with Gasteiger partial charge in [0.25, 0.3) is 0 Å². The van der Waals surface area contributed by atoms with E-state index in [-0.39, 0.29) is 0 Å². The number of ether oxygens (including phenoxy) is 1. The molecule has 2 atom stereocenters. The molecule has 2 saturated heterocycles. The van der Waals surface area contributed by atoms with E-state index in [0.29, 0.717) is 25.9 Å². The lowest BCUT2D eigenvalue weighted by molar-refractivity contribution is -0.239. The third-order valence-electron chi connectivity index (χ3n) is 4.98. The van der Waals surface area contributed by atoms with Gasteiger partial charge in [0, 0.05) is 30.6 Å². The molecule has 3 heterocycles. The van der Waals surface area contributed by atoms with E-state index >= 15 is 0 Å². The van der Waals surface area contributed by atoms with E-state index < -0.39 is 17.3 Å². The molecular weight excluding hydrogens is 300 g/mol. The van der Waals surface area contributed by atoms with E-state index in [1.54, 1.807) is 18.7 Å². The summed E-state index contributed by atoms with van der Waals surface area (Å²) in [5.41, 5.74) is -1.67. The molecule has 6 heteroatoms. The van der Waals surface area contributed by atoms with E-state index in [9.17, 15) is 10.2 Å². The molecule has 122 valence electrons. The monoisotopic (exact) mass is 324 g/mol. The van der Waals surface area contributed by atoms with Gasteiger partial charge in [0.15, 0.2) is 0 Å². The Morgan fingerprint density at radius 1 is 1.32 bits per heavy atom. The maximum absolute atomic E-state index is 10.5. The summed E-state index contributed by atoms with van der Waals surface area (Å²) in [4.78, 5) is 7.88. The first-order valence-corrected chi connectivity index (χ1v) is 8.99. The smallest absolute Gasteiger partial charge is 0.128 e. The van der Waals surface area contributed by atoms with Crippen molar-refractivity contribution < 1.29 is 14.9 Å². The SMILES string of the molecule is CSc1ccc(N2CCC3(CC2)OCC[C@@](C)(O)[C@@H]3O)nc1. The molecule has 5 nitrogen and oxygen atoms in total. The highest BCUT2D eigenvalue weighted by molar-refractivity contribution is 7.98. The van der Waals surface area contributed by atoms with E-state index in [2.05, 4.69) is 16.0 Å². The Morgan fingerprint density at radius 3 is 2.64 bits per heavy atom. The second-order valence-electron chi connectivity index (χ2n) is 6.47. The van der Waals surface area contributed by atoms with Gasteiger partial charge in [-0.05, 0) is 38.2 Å². The van der Waals surface area contributed by atoms with Crippen LogP contribution in [0, 0.1) is 0 Å². The number of hydrogen-bond donors (Lipinski definition) is 2. The Kier molecular flexibility index (Phi) is 4.38. The minimum Gasteiger partial charge on any atom is -0.387 e. The van der Waals surface area contributed by atoms with Gasteiger partial charge >= 0.3 is 0 Å². The van der Waals surface area contributed by atoms with Crippen molar-refractivity contribution in [2.45, 2.75) is 48.4 Å². The molecule has 0 saturated carbocycles. The summed E-state index contributed by atoms with van der Waals surface area (Å²) < 4.78 is 5.91. The van der Waals surface area contributed by atoms with E-state index in [1.165, 1.54) is 0 Å². The zero-order valence-corrected chi connectivity index (χ0v) is 14.0. The topological polar surface area (TPSA) is 65.8 Å². The van der Waals surface area contributed by atoms with E-state index in [1.807, 2.05) is 18.5 Å². The van der Waals surface area contributed by atoms with Gasteiger partial charge in [-0.2, -0.15) is 0 Å². The van der Waals surface area contributed by atoms with Crippen LogP contribution < -0.4 is 4.90 Å². The summed E-state index contributed by atoms with van der Waals surface area (Å²) in [6, 6.07) is 4.12. The molecule has 2 aliphatic rings. The Hall–Kier alpha value is -0.820. The van der Waals surface area contributed by atoms with Gasteiger partial charge < -0.3 is 19.8 Å². The Labute approximate surface area is 135 Å². The maximum atomic E-state index is 10.5. The third kappa shape index (κ3) is 2.85. The van der Waals surface area contributed by atoms with Crippen LogP contribution in [-0.4, -0.2) is 58.5 Å². The molecule has 1 aromatic heterocycles. The quantitative estimate of drug-likeness (QED) is 0.807. The summed E-state index contributed by atoms with van der Waals surface area (Å²) in [7, 11) is 0. The first kappa shape index (κ1) is 16.1. The number of aromatic nitrogens is 1. The van der Waals surface area contributed by atoms with Crippen LogP contribution in [0.25, 0.3) is 0 Å². The molecule has 2 N–H and O–H groups in total. The van der Waals surface area contributed by atoms with Crippen LogP contribution in [0.15, 0.2) is 23.2 Å². The summed E-state index contributed by atoms with van der Waals surface area (Å²) in [5.74, 6) is 0.963. The van der Waals surface area contributed by atoms with Crippen LogP contribution in [-0.2, 0) is 4.74 Å². The fourth-order valence-corrected chi connectivity index (χ4v) is 3.82. The average Bonchev–Trinajstić information content (AvgIpc) is 2.53. The van der Waals surface area contributed by atoms with Gasteiger partial charge in [-0.25, -0.2) is 4.98 Å². The standard InChI is InChI=1S/C16H24N2O3S/c1-15(20)7-10-21-16(14(15)19)5-8-18(9-6-16)13-4-3-12(22-2)11-17-13/h3-4,11,14,19-20H,5-10H2,1-2H3/t14-,15+/m0/s1. The molecule has 3 rings (SSSR count). The van der Waals surface area contributed by atoms with E-state index in [0.717, 1.165) is 23.8 Å². The molecule has 22 heavy (non-hydrogen) atoms.